The maximum Gasteiger partial charge on any atom is 0.158 e. The molecule has 0 fully saturated rings. The van der Waals surface area contributed by atoms with E-state index in [9.17, 15) is 4.39 Å². The summed E-state index contributed by atoms with van der Waals surface area (Å²) in [6, 6.07) is 10.4. The fourth-order valence-electron chi connectivity index (χ4n) is 1.70. The number of quaternary nitrogens is 1. The van der Waals surface area contributed by atoms with Crippen molar-refractivity contribution in [3.63, 3.8) is 0 Å². The van der Waals surface area contributed by atoms with Crippen LogP contribution in [0.25, 0.3) is 11.3 Å². The lowest BCUT2D eigenvalue weighted by Gasteiger charge is -2.15. The summed E-state index contributed by atoms with van der Waals surface area (Å²) in [6.07, 6.45) is 0. The third-order valence-electron chi connectivity index (χ3n) is 2.72. The minimum Gasteiger partial charge on any atom is -0.455 e. The Hall–Kier alpha value is -1.61. The maximum atomic E-state index is 13.6. The first-order valence-electron chi connectivity index (χ1n) is 6.14. The van der Waals surface area contributed by atoms with Crippen molar-refractivity contribution >= 4 is 0 Å². The molecule has 2 nitrogen and oxygen atoms in total. The first kappa shape index (κ1) is 12.8. The van der Waals surface area contributed by atoms with Crippen molar-refractivity contribution in [1.29, 1.82) is 0 Å². The van der Waals surface area contributed by atoms with E-state index in [0.29, 0.717) is 11.3 Å². The molecule has 0 amide bonds. The number of furan rings is 1. The third kappa shape index (κ3) is 3.20. The topological polar surface area (TPSA) is 29.8 Å². The Kier molecular flexibility index (Phi) is 3.53. The van der Waals surface area contributed by atoms with E-state index in [1.54, 1.807) is 12.1 Å². The molecule has 3 heteroatoms. The van der Waals surface area contributed by atoms with Crippen LogP contribution in [0.4, 0.5) is 4.39 Å². The van der Waals surface area contributed by atoms with Gasteiger partial charge in [0, 0.05) is 0 Å². The van der Waals surface area contributed by atoms with Crippen LogP contribution in [0.5, 0.6) is 0 Å². The van der Waals surface area contributed by atoms with Crippen LogP contribution in [-0.2, 0) is 6.54 Å². The van der Waals surface area contributed by atoms with E-state index in [1.807, 2.05) is 18.2 Å². The zero-order valence-corrected chi connectivity index (χ0v) is 11.0. The lowest BCUT2D eigenvalue weighted by atomic mass is 10.1. The fraction of sp³-hybridized carbons (Fsp3) is 0.333. The molecule has 0 saturated carbocycles. The summed E-state index contributed by atoms with van der Waals surface area (Å²) >= 11 is 0. The van der Waals surface area contributed by atoms with Gasteiger partial charge < -0.3 is 9.73 Å². The predicted octanol–water partition coefficient (Wildman–Crippen LogP) is 2.95. The Morgan fingerprint density at radius 3 is 2.50 bits per heavy atom. The number of halogens is 1. The highest BCUT2D eigenvalue weighted by atomic mass is 19.1. The average Bonchev–Trinajstić information content (AvgIpc) is 2.75. The van der Waals surface area contributed by atoms with E-state index < -0.39 is 0 Å². The molecule has 0 atom stereocenters. The normalized spacial score (nSPS) is 11.8. The Morgan fingerprint density at radius 1 is 1.11 bits per heavy atom. The third-order valence-corrected chi connectivity index (χ3v) is 2.72. The van der Waals surface area contributed by atoms with Gasteiger partial charge >= 0.3 is 0 Å². The van der Waals surface area contributed by atoms with Gasteiger partial charge in [-0.3, -0.25) is 0 Å². The molecular weight excluding hydrogens is 229 g/mol. The van der Waals surface area contributed by atoms with Gasteiger partial charge in [0.15, 0.2) is 5.76 Å². The molecule has 0 spiro atoms. The second kappa shape index (κ2) is 4.94. The van der Waals surface area contributed by atoms with Gasteiger partial charge in [0.25, 0.3) is 0 Å². The zero-order valence-electron chi connectivity index (χ0n) is 11.0. The Balaban J connectivity index is 2.14. The van der Waals surface area contributed by atoms with Gasteiger partial charge in [0.1, 0.15) is 18.1 Å². The van der Waals surface area contributed by atoms with E-state index in [-0.39, 0.29) is 11.4 Å². The second-order valence-corrected chi connectivity index (χ2v) is 5.52. The van der Waals surface area contributed by atoms with Crippen molar-refractivity contribution in [2.24, 2.45) is 0 Å². The SMILES string of the molecule is CC(C)(C)[NH2+]Cc1ccc(-c2ccccc2F)o1. The zero-order chi connectivity index (χ0) is 13.2. The number of nitrogens with two attached hydrogens (primary N) is 1. The Bertz CT molecular complexity index is 525. The van der Waals surface area contributed by atoms with Gasteiger partial charge in [-0.15, -0.1) is 0 Å². The standard InChI is InChI=1S/C15H18FNO/c1-15(2,3)17-10-11-8-9-14(18-11)12-6-4-5-7-13(12)16/h4-9,17H,10H2,1-3H3/p+1. The molecule has 0 bridgehead atoms. The van der Waals surface area contributed by atoms with Gasteiger partial charge in [0.05, 0.1) is 11.1 Å². The summed E-state index contributed by atoms with van der Waals surface area (Å²) in [6.45, 7) is 7.20. The van der Waals surface area contributed by atoms with Crippen LogP contribution in [0, 0.1) is 5.82 Å². The summed E-state index contributed by atoms with van der Waals surface area (Å²) < 4.78 is 19.3. The van der Waals surface area contributed by atoms with E-state index >= 15 is 0 Å². The van der Waals surface area contributed by atoms with Crippen molar-refractivity contribution in [1.82, 2.24) is 0 Å². The molecule has 2 N–H and O–H groups in total. The minimum atomic E-state index is -0.252. The molecule has 0 saturated heterocycles. The molecule has 2 rings (SSSR count). The highest BCUT2D eigenvalue weighted by Crippen LogP contribution is 2.24. The van der Waals surface area contributed by atoms with E-state index in [4.69, 9.17) is 4.42 Å². The Morgan fingerprint density at radius 2 is 1.83 bits per heavy atom. The fourth-order valence-corrected chi connectivity index (χ4v) is 1.70. The average molecular weight is 248 g/mol. The summed E-state index contributed by atoms with van der Waals surface area (Å²) in [5.41, 5.74) is 0.671. The number of benzene rings is 1. The molecule has 18 heavy (non-hydrogen) atoms. The Labute approximate surface area is 107 Å². The van der Waals surface area contributed by atoms with Gasteiger partial charge in [-0.1, -0.05) is 12.1 Å². The van der Waals surface area contributed by atoms with Crippen molar-refractivity contribution in [3.05, 3.63) is 48.0 Å². The predicted molar refractivity (Wildman–Crippen MR) is 69.5 cm³/mol. The van der Waals surface area contributed by atoms with Crippen LogP contribution in [0.1, 0.15) is 26.5 Å². The molecule has 0 aliphatic heterocycles. The van der Waals surface area contributed by atoms with Crippen LogP contribution < -0.4 is 5.32 Å². The molecule has 0 aliphatic rings. The highest BCUT2D eigenvalue weighted by molar-refractivity contribution is 5.58. The number of hydrogen-bond donors (Lipinski definition) is 1. The summed E-state index contributed by atoms with van der Waals surface area (Å²) in [7, 11) is 0. The van der Waals surface area contributed by atoms with Crippen molar-refractivity contribution in [3.8, 4) is 11.3 Å². The van der Waals surface area contributed by atoms with E-state index in [0.717, 1.165) is 12.3 Å². The number of hydrogen-bond acceptors (Lipinski definition) is 1. The lowest BCUT2D eigenvalue weighted by molar-refractivity contribution is -0.732. The lowest BCUT2D eigenvalue weighted by Crippen LogP contribution is -2.92. The molecule has 0 radical (unpaired) electrons. The van der Waals surface area contributed by atoms with Crippen molar-refractivity contribution < 1.29 is 14.1 Å². The highest BCUT2D eigenvalue weighted by Gasteiger charge is 2.15. The monoisotopic (exact) mass is 248 g/mol. The molecular formula is C15H19FNO+. The molecule has 1 aromatic heterocycles. The van der Waals surface area contributed by atoms with Crippen molar-refractivity contribution in [2.75, 3.05) is 0 Å². The minimum absolute atomic E-state index is 0.158. The first-order chi connectivity index (χ1) is 8.46. The van der Waals surface area contributed by atoms with Gasteiger partial charge in [0.2, 0.25) is 0 Å². The van der Waals surface area contributed by atoms with Crippen LogP contribution in [0.15, 0.2) is 40.8 Å². The summed E-state index contributed by atoms with van der Waals surface area (Å²) in [4.78, 5) is 0. The van der Waals surface area contributed by atoms with Crippen molar-refractivity contribution in [2.45, 2.75) is 32.9 Å². The summed E-state index contributed by atoms with van der Waals surface area (Å²) in [5, 5.41) is 2.19. The van der Waals surface area contributed by atoms with Gasteiger partial charge in [-0.25, -0.2) is 4.39 Å². The van der Waals surface area contributed by atoms with Crippen LogP contribution in [0.2, 0.25) is 0 Å². The second-order valence-electron chi connectivity index (χ2n) is 5.52. The molecule has 0 unspecified atom stereocenters. The first-order valence-corrected chi connectivity index (χ1v) is 6.14. The molecule has 96 valence electrons. The van der Waals surface area contributed by atoms with Gasteiger partial charge in [-0.2, -0.15) is 0 Å². The summed E-state index contributed by atoms with van der Waals surface area (Å²) in [5.74, 6) is 1.20. The molecule has 1 aromatic carbocycles. The van der Waals surface area contributed by atoms with Crippen LogP contribution >= 0.6 is 0 Å². The smallest absolute Gasteiger partial charge is 0.158 e. The molecule has 2 aromatic rings. The largest absolute Gasteiger partial charge is 0.455 e. The van der Waals surface area contributed by atoms with E-state index in [2.05, 4.69) is 26.1 Å². The van der Waals surface area contributed by atoms with E-state index in [1.165, 1.54) is 6.07 Å². The van der Waals surface area contributed by atoms with Gasteiger partial charge in [-0.05, 0) is 45.0 Å². The maximum absolute atomic E-state index is 13.6. The molecule has 1 heterocycles. The quantitative estimate of drug-likeness (QED) is 0.889. The molecule has 0 aliphatic carbocycles. The van der Waals surface area contributed by atoms with Crippen LogP contribution in [0.3, 0.4) is 0 Å². The number of rotatable bonds is 3. The van der Waals surface area contributed by atoms with Crippen LogP contribution in [-0.4, -0.2) is 5.54 Å².